The van der Waals surface area contributed by atoms with Crippen LogP contribution in [-0.4, -0.2) is 76.5 Å². The number of hydrogen-bond acceptors (Lipinski definition) is 3. The second kappa shape index (κ2) is 9.15. The van der Waals surface area contributed by atoms with Crippen molar-refractivity contribution in [1.29, 1.82) is 0 Å². The van der Waals surface area contributed by atoms with Crippen molar-refractivity contribution in [3.05, 3.63) is 0 Å². The molecule has 1 N–H and O–H groups in total. The molecule has 0 aromatic carbocycles. The SMILES string of the molecule is CCC1(CC)CCC(N(C(=O)C(C)(C)C)[C@H]2C[C@@H](C(=O)O)N(C(=O)N(C)C)C2)CC1. The third kappa shape index (κ3) is 4.92. The number of nitrogens with zero attached hydrogens (tertiary/aromatic N) is 3. The van der Waals surface area contributed by atoms with Crippen molar-refractivity contribution in [1.82, 2.24) is 14.7 Å². The third-order valence-corrected chi connectivity index (χ3v) is 7.37. The van der Waals surface area contributed by atoms with Gasteiger partial charge in [0.15, 0.2) is 0 Å². The molecule has 7 nitrogen and oxygen atoms in total. The normalized spacial score (nSPS) is 24.6. The Morgan fingerprint density at radius 3 is 1.97 bits per heavy atom. The van der Waals surface area contributed by atoms with Gasteiger partial charge in [0.05, 0.1) is 6.04 Å². The summed E-state index contributed by atoms with van der Waals surface area (Å²) in [6.45, 7) is 10.5. The van der Waals surface area contributed by atoms with Gasteiger partial charge in [-0.05, 0) is 31.1 Å². The third-order valence-electron chi connectivity index (χ3n) is 7.37. The van der Waals surface area contributed by atoms with Gasteiger partial charge in [0.1, 0.15) is 6.04 Å². The summed E-state index contributed by atoms with van der Waals surface area (Å²) in [6.07, 6.45) is 6.67. The van der Waals surface area contributed by atoms with Crippen molar-refractivity contribution in [2.45, 2.75) is 97.7 Å². The van der Waals surface area contributed by atoms with Gasteiger partial charge >= 0.3 is 12.0 Å². The van der Waals surface area contributed by atoms with Gasteiger partial charge in [-0.1, -0.05) is 47.5 Å². The van der Waals surface area contributed by atoms with Crippen molar-refractivity contribution < 1.29 is 19.5 Å². The summed E-state index contributed by atoms with van der Waals surface area (Å²) in [5.74, 6) is -0.947. The zero-order chi connectivity index (χ0) is 22.9. The first-order valence-corrected chi connectivity index (χ1v) is 11.4. The molecule has 0 bridgehead atoms. The maximum atomic E-state index is 13.5. The smallest absolute Gasteiger partial charge is 0.326 e. The number of likely N-dealkylation sites (tertiary alicyclic amines) is 1. The van der Waals surface area contributed by atoms with E-state index in [-0.39, 0.29) is 30.6 Å². The van der Waals surface area contributed by atoms with Gasteiger partial charge in [0.2, 0.25) is 5.91 Å². The van der Waals surface area contributed by atoms with Crippen LogP contribution in [0.4, 0.5) is 4.79 Å². The average Bonchev–Trinajstić information content (AvgIpc) is 3.12. The molecule has 0 aromatic rings. The lowest BCUT2D eigenvalue weighted by molar-refractivity contribution is -0.147. The Kier molecular flexibility index (Phi) is 7.46. The number of carbonyl (C=O) groups excluding carboxylic acids is 2. The molecular weight excluding hydrogens is 382 g/mol. The van der Waals surface area contributed by atoms with Crippen molar-refractivity contribution >= 4 is 17.9 Å². The lowest BCUT2D eigenvalue weighted by Crippen LogP contribution is -2.54. The molecule has 0 spiro atoms. The van der Waals surface area contributed by atoms with Gasteiger partial charge in [-0.2, -0.15) is 0 Å². The number of carboxylic acid groups (broad SMARTS) is 1. The van der Waals surface area contributed by atoms with E-state index in [1.165, 1.54) is 9.80 Å². The van der Waals surface area contributed by atoms with E-state index < -0.39 is 17.4 Å². The van der Waals surface area contributed by atoms with Crippen LogP contribution in [0, 0.1) is 10.8 Å². The summed E-state index contributed by atoms with van der Waals surface area (Å²) in [4.78, 5) is 42.8. The minimum Gasteiger partial charge on any atom is -0.480 e. The lowest BCUT2D eigenvalue weighted by atomic mass is 9.68. The molecule has 1 saturated heterocycles. The zero-order valence-electron chi connectivity index (χ0n) is 19.9. The maximum Gasteiger partial charge on any atom is 0.326 e. The van der Waals surface area contributed by atoms with Gasteiger partial charge < -0.3 is 19.8 Å². The molecule has 0 aromatic heterocycles. The highest BCUT2D eigenvalue weighted by molar-refractivity contribution is 5.85. The van der Waals surface area contributed by atoms with Crippen LogP contribution < -0.4 is 0 Å². The molecule has 172 valence electrons. The summed E-state index contributed by atoms with van der Waals surface area (Å²) in [6, 6.07) is -1.36. The fourth-order valence-electron chi connectivity index (χ4n) is 5.19. The topological polar surface area (TPSA) is 81.2 Å². The van der Waals surface area contributed by atoms with Crippen LogP contribution in [0.3, 0.4) is 0 Å². The molecule has 0 unspecified atom stereocenters. The van der Waals surface area contributed by atoms with Gasteiger partial charge in [0.25, 0.3) is 0 Å². The van der Waals surface area contributed by atoms with Crippen LogP contribution >= 0.6 is 0 Å². The molecule has 1 saturated carbocycles. The molecule has 2 rings (SSSR count). The van der Waals surface area contributed by atoms with Gasteiger partial charge in [-0.25, -0.2) is 9.59 Å². The van der Waals surface area contributed by atoms with Crippen molar-refractivity contribution in [2.75, 3.05) is 20.6 Å². The van der Waals surface area contributed by atoms with Gasteiger partial charge in [0, 0.05) is 38.5 Å². The van der Waals surface area contributed by atoms with Crippen molar-refractivity contribution in [3.8, 4) is 0 Å². The number of carboxylic acids is 1. The van der Waals surface area contributed by atoms with Crippen LogP contribution in [0.25, 0.3) is 0 Å². The predicted octanol–water partition coefficient (Wildman–Crippen LogP) is 3.82. The highest BCUT2D eigenvalue weighted by Crippen LogP contribution is 2.44. The van der Waals surface area contributed by atoms with Crippen molar-refractivity contribution in [2.24, 2.45) is 10.8 Å². The molecule has 1 aliphatic carbocycles. The number of rotatable bonds is 5. The Morgan fingerprint density at radius 1 is 1.03 bits per heavy atom. The van der Waals surface area contributed by atoms with Gasteiger partial charge in [-0.3, -0.25) is 4.79 Å². The van der Waals surface area contributed by atoms with Crippen molar-refractivity contribution in [3.63, 3.8) is 0 Å². The number of urea groups is 1. The van der Waals surface area contributed by atoms with Crippen LogP contribution in [0.1, 0.15) is 79.6 Å². The van der Waals surface area contributed by atoms with Crippen LogP contribution in [-0.2, 0) is 9.59 Å². The summed E-state index contributed by atoms with van der Waals surface area (Å²) < 4.78 is 0. The van der Waals surface area contributed by atoms with E-state index in [1.54, 1.807) is 14.1 Å². The Morgan fingerprint density at radius 2 is 1.57 bits per heavy atom. The molecule has 2 fully saturated rings. The number of hydrogen-bond donors (Lipinski definition) is 1. The molecule has 7 heteroatoms. The van der Waals surface area contributed by atoms with Crippen LogP contribution in [0.15, 0.2) is 0 Å². The Hall–Kier alpha value is -1.79. The number of aliphatic carboxylic acids is 1. The summed E-state index contributed by atoms with van der Waals surface area (Å²) >= 11 is 0. The average molecular weight is 424 g/mol. The molecule has 2 atom stereocenters. The first-order valence-electron chi connectivity index (χ1n) is 11.4. The van der Waals surface area contributed by atoms with E-state index in [0.29, 0.717) is 11.8 Å². The molecule has 30 heavy (non-hydrogen) atoms. The first-order chi connectivity index (χ1) is 13.9. The largest absolute Gasteiger partial charge is 0.480 e. The molecule has 2 aliphatic rings. The number of amides is 3. The fraction of sp³-hybridized carbons (Fsp3) is 0.870. The van der Waals surface area contributed by atoms with Crippen LogP contribution in [0.2, 0.25) is 0 Å². The van der Waals surface area contributed by atoms with E-state index in [1.807, 2.05) is 25.7 Å². The summed E-state index contributed by atoms with van der Waals surface area (Å²) in [7, 11) is 3.26. The second-order valence-electron chi connectivity index (χ2n) is 10.5. The fourth-order valence-corrected chi connectivity index (χ4v) is 5.19. The first kappa shape index (κ1) is 24.5. The van der Waals surface area contributed by atoms with Gasteiger partial charge in [-0.15, -0.1) is 0 Å². The Balaban J connectivity index is 2.31. The van der Waals surface area contributed by atoms with Crippen LogP contribution in [0.5, 0.6) is 0 Å². The Labute approximate surface area is 181 Å². The van der Waals surface area contributed by atoms with E-state index >= 15 is 0 Å². The highest BCUT2D eigenvalue weighted by Gasteiger charge is 2.48. The summed E-state index contributed by atoms with van der Waals surface area (Å²) in [5.41, 5.74) is -0.194. The Bertz CT molecular complexity index is 641. The maximum absolute atomic E-state index is 13.5. The highest BCUT2D eigenvalue weighted by atomic mass is 16.4. The molecule has 1 aliphatic heterocycles. The number of carbonyl (C=O) groups is 3. The molecule has 3 amide bonds. The summed E-state index contributed by atoms with van der Waals surface area (Å²) in [5, 5.41) is 9.74. The van der Waals surface area contributed by atoms with E-state index in [2.05, 4.69) is 13.8 Å². The minimum absolute atomic E-state index is 0.0567. The van der Waals surface area contributed by atoms with E-state index in [9.17, 15) is 19.5 Å². The minimum atomic E-state index is -1.00. The zero-order valence-corrected chi connectivity index (χ0v) is 19.9. The molecule has 0 radical (unpaired) electrons. The van der Waals surface area contributed by atoms with E-state index in [0.717, 1.165) is 38.5 Å². The van der Waals surface area contributed by atoms with E-state index in [4.69, 9.17) is 0 Å². The monoisotopic (exact) mass is 423 g/mol. The molecule has 1 heterocycles. The lowest BCUT2D eigenvalue weighted by Gasteiger charge is -2.46. The standard InChI is InChI=1S/C23H41N3O4/c1-8-23(9-2)12-10-16(11-13-23)26(20(29)22(3,4)5)17-14-18(19(27)28)25(15-17)21(30)24(6)7/h16-18H,8-15H2,1-7H3,(H,27,28)/t17-,18-/m0/s1. The quantitative estimate of drug-likeness (QED) is 0.729. The second-order valence-corrected chi connectivity index (χ2v) is 10.5. The predicted molar refractivity (Wildman–Crippen MR) is 117 cm³/mol. The molecular formula is C23H41N3O4.